The first-order valence-corrected chi connectivity index (χ1v) is 12.9. The van der Waals surface area contributed by atoms with Crippen LogP contribution in [0.5, 0.6) is 0 Å². The van der Waals surface area contributed by atoms with Gasteiger partial charge in [-0.3, -0.25) is 19.0 Å². The molecular formula is C28H29N7O2. The number of anilines is 1. The van der Waals surface area contributed by atoms with Gasteiger partial charge in [0, 0.05) is 67.4 Å². The molecule has 1 saturated carbocycles. The van der Waals surface area contributed by atoms with Crippen molar-refractivity contribution in [2.75, 3.05) is 25.0 Å². The van der Waals surface area contributed by atoms with Crippen molar-refractivity contribution in [1.29, 1.82) is 0 Å². The lowest BCUT2D eigenvalue weighted by atomic mass is 10.1. The molecule has 2 amide bonds. The Morgan fingerprint density at radius 1 is 1.05 bits per heavy atom. The van der Waals surface area contributed by atoms with Crippen LogP contribution < -0.4 is 10.6 Å². The van der Waals surface area contributed by atoms with Gasteiger partial charge in [0.1, 0.15) is 0 Å². The lowest BCUT2D eigenvalue weighted by Gasteiger charge is -2.16. The van der Waals surface area contributed by atoms with Gasteiger partial charge in [-0.1, -0.05) is 12.1 Å². The smallest absolute Gasteiger partial charge is 0.251 e. The van der Waals surface area contributed by atoms with Crippen LogP contribution >= 0.6 is 0 Å². The molecule has 1 aliphatic heterocycles. The van der Waals surface area contributed by atoms with E-state index in [0.29, 0.717) is 30.4 Å². The van der Waals surface area contributed by atoms with E-state index in [1.807, 2.05) is 58.1 Å². The summed E-state index contributed by atoms with van der Waals surface area (Å²) in [5, 5.41) is 6.48. The van der Waals surface area contributed by atoms with Crippen molar-refractivity contribution in [3.05, 3.63) is 66.7 Å². The van der Waals surface area contributed by atoms with Gasteiger partial charge in [0.15, 0.2) is 11.5 Å². The minimum Gasteiger partial charge on any atom is -0.367 e. The minimum atomic E-state index is -0.0292. The van der Waals surface area contributed by atoms with E-state index in [1.165, 1.54) is 0 Å². The summed E-state index contributed by atoms with van der Waals surface area (Å²) in [7, 11) is 0. The van der Waals surface area contributed by atoms with E-state index in [9.17, 15) is 9.59 Å². The van der Waals surface area contributed by atoms with Crippen molar-refractivity contribution < 1.29 is 9.59 Å². The molecule has 9 heteroatoms. The van der Waals surface area contributed by atoms with Crippen molar-refractivity contribution in [2.24, 2.45) is 0 Å². The van der Waals surface area contributed by atoms with Gasteiger partial charge in [0.05, 0.1) is 17.6 Å². The SMILES string of the molecule is O=C(NC1CC1)c1ccc(-c2cnc3c(NCCCN4CCCC4=O)nc(-c4ccncc4)cn23)cc1. The third-order valence-corrected chi connectivity index (χ3v) is 6.89. The molecule has 9 nitrogen and oxygen atoms in total. The zero-order valence-electron chi connectivity index (χ0n) is 20.6. The number of imidazole rings is 1. The highest BCUT2D eigenvalue weighted by atomic mass is 16.2. The van der Waals surface area contributed by atoms with Crippen molar-refractivity contribution in [2.45, 2.75) is 38.1 Å². The summed E-state index contributed by atoms with van der Waals surface area (Å²) in [4.78, 5) is 39.9. The van der Waals surface area contributed by atoms with E-state index in [1.54, 1.807) is 12.4 Å². The fourth-order valence-electron chi connectivity index (χ4n) is 4.69. The number of benzene rings is 1. The van der Waals surface area contributed by atoms with Gasteiger partial charge in [-0.2, -0.15) is 0 Å². The summed E-state index contributed by atoms with van der Waals surface area (Å²) in [5.74, 6) is 0.904. The van der Waals surface area contributed by atoms with Crippen molar-refractivity contribution in [3.63, 3.8) is 0 Å². The summed E-state index contributed by atoms with van der Waals surface area (Å²) in [6.07, 6.45) is 11.9. The Kier molecular flexibility index (Phi) is 6.26. The molecule has 6 rings (SSSR count). The van der Waals surface area contributed by atoms with E-state index in [-0.39, 0.29) is 11.8 Å². The van der Waals surface area contributed by atoms with Crippen molar-refractivity contribution in [1.82, 2.24) is 29.6 Å². The first-order valence-electron chi connectivity index (χ1n) is 12.9. The first kappa shape index (κ1) is 23.1. The van der Waals surface area contributed by atoms with Crippen LogP contribution in [0.1, 0.15) is 42.5 Å². The average Bonchev–Trinajstić information content (AvgIpc) is 3.49. The highest BCUT2D eigenvalue weighted by molar-refractivity contribution is 5.95. The number of hydrogen-bond donors (Lipinski definition) is 2. The van der Waals surface area contributed by atoms with Gasteiger partial charge in [-0.25, -0.2) is 9.97 Å². The number of nitrogens with one attached hydrogen (secondary N) is 2. The molecule has 3 aromatic heterocycles. The topological polar surface area (TPSA) is 105 Å². The molecule has 1 saturated heterocycles. The molecule has 0 unspecified atom stereocenters. The largest absolute Gasteiger partial charge is 0.367 e. The summed E-state index contributed by atoms with van der Waals surface area (Å²) in [6.45, 7) is 2.27. The Hall–Kier alpha value is -4.27. The highest BCUT2D eigenvalue weighted by Crippen LogP contribution is 2.28. The van der Waals surface area contributed by atoms with E-state index in [4.69, 9.17) is 4.98 Å². The second-order valence-corrected chi connectivity index (χ2v) is 9.64. The summed E-state index contributed by atoms with van der Waals surface area (Å²) in [5.41, 5.74) is 5.00. The van der Waals surface area contributed by atoms with Gasteiger partial charge < -0.3 is 15.5 Å². The molecule has 4 heterocycles. The number of aromatic nitrogens is 4. The van der Waals surface area contributed by atoms with Crippen LogP contribution in [0.25, 0.3) is 28.2 Å². The van der Waals surface area contributed by atoms with Crippen LogP contribution in [0, 0.1) is 0 Å². The molecule has 0 spiro atoms. The fourth-order valence-corrected chi connectivity index (χ4v) is 4.69. The monoisotopic (exact) mass is 495 g/mol. The zero-order valence-corrected chi connectivity index (χ0v) is 20.6. The number of hydrogen-bond acceptors (Lipinski definition) is 6. The Morgan fingerprint density at radius 3 is 2.59 bits per heavy atom. The van der Waals surface area contributed by atoms with Gasteiger partial charge in [-0.05, 0) is 49.9 Å². The number of carbonyl (C=O) groups excluding carboxylic acids is 2. The lowest BCUT2D eigenvalue weighted by molar-refractivity contribution is -0.127. The van der Waals surface area contributed by atoms with Gasteiger partial charge in [0.25, 0.3) is 5.91 Å². The highest BCUT2D eigenvalue weighted by Gasteiger charge is 2.24. The van der Waals surface area contributed by atoms with Crippen LogP contribution in [-0.4, -0.2) is 61.7 Å². The quantitative estimate of drug-likeness (QED) is 0.343. The molecule has 0 radical (unpaired) electrons. The molecule has 2 fully saturated rings. The average molecular weight is 496 g/mol. The maximum atomic E-state index is 12.4. The maximum absolute atomic E-state index is 12.4. The third kappa shape index (κ3) is 5.02. The van der Waals surface area contributed by atoms with Crippen LogP contribution in [0.15, 0.2) is 61.2 Å². The van der Waals surface area contributed by atoms with Gasteiger partial charge in [0.2, 0.25) is 5.91 Å². The minimum absolute atomic E-state index is 0.0292. The molecule has 0 bridgehead atoms. The molecule has 4 aromatic rings. The molecule has 0 atom stereocenters. The summed E-state index contributed by atoms with van der Waals surface area (Å²) in [6, 6.07) is 11.8. The van der Waals surface area contributed by atoms with E-state index in [2.05, 4.69) is 20.6 Å². The zero-order chi connectivity index (χ0) is 25.2. The second-order valence-electron chi connectivity index (χ2n) is 9.64. The standard InChI is InChI=1S/C28H29N7O2/c36-25-3-1-15-34(25)16-2-12-30-26-27-31-17-24(35(27)18-23(33-26)19-10-13-29-14-11-19)20-4-6-21(7-5-20)28(37)32-22-8-9-22/h4-7,10-11,13-14,17-18,22H,1-3,8-9,12,15-16H2,(H,30,33)(H,32,37). The molecular weight excluding hydrogens is 466 g/mol. The number of likely N-dealkylation sites (tertiary alicyclic amines) is 1. The maximum Gasteiger partial charge on any atom is 0.251 e. The Balaban J connectivity index is 1.28. The van der Waals surface area contributed by atoms with Crippen LogP contribution in [0.3, 0.4) is 0 Å². The predicted molar refractivity (Wildman–Crippen MR) is 141 cm³/mol. The van der Waals surface area contributed by atoms with Gasteiger partial charge >= 0.3 is 0 Å². The fraction of sp³-hybridized carbons (Fsp3) is 0.321. The van der Waals surface area contributed by atoms with E-state index < -0.39 is 0 Å². The van der Waals surface area contributed by atoms with Crippen molar-refractivity contribution in [3.8, 4) is 22.5 Å². The van der Waals surface area contributed by atoms with Crippen LogP contribution in [0.2, 0.25) is 0 Å². The van der Waals surface area contributed by atoms with Crippen molar-refractivity contribution >= 4 is 23.3 Å². The Morgan fingerprint density at radius 2 is 1.86 bits per heavy atom. The normalized spacial score (nSPS) is 15.4. The molecule has 37 heavy (non-hydrogen) atoms. The van der Waals surface area contributed by atoms with Crippen LogP contribution in [-0.2, 0) is 4.79 Å². The molecule has 1 aromatic carbocycles. The van der Waals surface area contributed by atoms with E-state index >= 15 is 0 Å². The third-order valence-electron chi connectivity index (χ3n) is 6.89. The number of rotatable bonds is 9. The first-order chi connectivity index (χ1) is 18.2. The summed E-state index contributed by atoms with van der Waals surface area (Å²) >= 11 is 0. The molecule has 1 aliphatic carbocycles. The van der Waals surface area contributed by atoms with Crippen LogP contribution in [0.4, 0.5) is 5.82 Å². The molecule has 2 N–H and O–H groups in total. The van der Waals surface area contributed by atoms with E-state index in [0.717, 1.165) is 66.9 Å². The Bertz CT molecular complexity index is 1430. The number of fused-ring (bicyclic) bond motifs is 1. The molecule has 188 valence electrons. The predicted octanol–water partition coefficient (Wildman–Crippen LogP) is 3.77. The van der Waals surface area contributed by atoms with Gasteiger partial charge in [-0.15, -0.1) is 0 Å². The number of nitrogens with zero attached hydrogens (tertiary/aromatic N) is 5. The number of carbonyl (C=O) groups is 2. The Labute approximate surface area is 215 Å². The number of amides is 2. The second kappa shape index (κ2) is 10.0. The molecule has 2 aliphatic rings. The summed E-state index contributed by atoms with van der Waals surface area (Å²) < 4.78 is 2.04. The number of pyridine rings is 1. The lowest BCUT2D eigenvalue weighted by Crippen LogP contribution is -2.27.